The molecule has 0 aliphatic carbocycles. The molecule has 0 saturated heterocycles. The van der Waals surface area contributed by atoms with Crippen LogP contribution in [-0.2, 0) is 11.2 Å². The summed E-state index contributed by atoms with van der Waals surface area (Å²) in [5.41, 5.74) is 8.95. The van der Waals surface area contributed by atoms with Crippen LogP contribution in [0.25, 0.3) is 0 Å². The van der Waals surface area contributed by atoms with Gasteiger partial charge in [-0.3, -0.25) is 9.89 Å². The molecule has 0 aliphatic heterocycles. The first kappa shape index (κ1) is 14.6. The van der Waals surface area contributed by atoms with Gasteiger partial charge in [-0.1, -0.05) is 28.9 Å². The average Bonchev–Trinajstić information content (AvgIpc) is 2.90. The Hall–Kier alpha value is -2.83. The van der Waals surface area contributed by atoms with Crippen LogP contribution in [0.1, 0.15) is 22.3 Å². The van der Waals surface area contributed by atoms with Gasteiger partial charge in [0, 0.05) is 0 Å². The number of benzene rings is 1. The minimum absolute atomic E-state index is 0.120. The van der Waals surface area contributed by atoms with E-state index < -0.39 is 0 Å². The summed E-state index contributed by atoms with van der Waals surface area (Å²) in [6.45, 7) is 3.94. The maximum Gasteiger partial charge on any atom is 0.229 e. The Bertz CT molecular complexity index is 690. The summed E-state index contributed by atoms with van der Waals surface area (Å²) in [6, 6.07) is 5.96. The zero-order valence-corrected chi connectivity index (χ0v) is 11.8. The van der Waals surface area contributed by atoms with Crippen molar-refractivity contribution in [2.24, 2.45) is 10.9 Å². The first-order valence-electron chi connectivity index (χ1n) is 6.38. The molecule has 0 fully saturated rings. The number of anilines is 1. The molecule has 21 heavy (non-hydrogen) atoms. The molecule has 5 N–H and O–H groups in total. The summed E-state index contributed by atoms with van der Waals surface area (Å²) in [6.07, 6.45) is 1.62. The molecule has 1 heterocycles. The molecule has 7 nitrogen and oxygen atoms in total. The number of nitrogens with two attached hydrogens (primary N) is 1. The summed E-state index contributed by atoms with van der Waals surface area (Å²) in [7, 11) is 0. The number of oxime groups is 1. The lowest BCUT2D eigenvalue weighted by molar-refractivity contribution is -0.115. The minimum atomic E-state index is -0.208. The molecule has 0 bridgehead atoms. The van der Waals surface area contributed by atoms with E-state index in [2.05, 4.69) is 20.7 Å². The van der Waals surface area contributed by atoms with Crippen molar-refractivity contribution in [1.82, 2.24) is 10.2 Å². The van der Waals surface area contributed by atoms with Crippen LogP contribution in [0, 0.1) is 13.8 Å². The predicted molar refractivity (Wildman–Crippen MR) is 79.3 cm³/mol. The number of carbonyl (C=O) groups is 1. The highest BCUT2D eigenvalue weighted by Gasteiger charge is 2.13. The van der Waals surface area contributed by atoms with Crippen LogP contribution in [0.15, 0.2) is 29.6 Å². The molecule has 110 valence electrons. The molecule has 1 aromatic carbocycles. The Morgan fingerprint density at radius 3 is 2.95 bits per heavy atom. The number of amides is 1. The zero-order chi connectivity index (χ0) is 15.4. The van der Waals surface area contributed by atoms with Gasteiger partial charge in [0.05, 0.1) is 18.2 Å². The Balaban J connectivity index is 2.12. The molecule has 2 rings (SSSR count). The van der Waals surface area contributed by atoms with Crippen molar-refractivity contribution < 1.29 is 10.0 Å². The maximum absolute atomic E-state index is 12.1. The lowest BCUT2D eigenvalue weighted by Gasteiger charge is -2.08. The van der Waals surface area contributed by atoms with E-state index in [1.807, 2.05) is 32.0 Å². The van der Waals surface area contributed by atoms with Crippen LogP contribution < -0.4 is 11.1 Å². The standard InChI is InChI=1S/C14H17N5O2/c1-8-3-4-9(2)10(5-8)6-12(20)17-14-11(7-16-18-14)13(15)19-21/h3-5,7,21H,6H2,1-2H3,(H2,15,19)(H2,16,17,18,20). The Morgan fingerprint density at radius 2 is 2.24 bits per heavy atom. The first-order valence-corrected chi connectivity index (χ1v) is 6.38. The molecular weight excluding hydrogens is 270 g/mol. The first-order chi connectivity index (χ1) is 10.0. The fraction of sp³-hybridized carbons (Fsp3) is 0.214. The summed E-state index contributed by atoms with van der Waals surface area (Å²) in [5, 5.41) is 20.6. The van der Waals surface area contributed by atoms with Gasteiger partial charge in [0.2, 0.25) is 5.91 Å². The molecule has 0 atom stereocenters. The van der Waals surface area contributed by atoms with Crippen LogP contribution in [0.2, 0.25) is 0 Å². The van der Waals surface area contributed by atoms with E-state index in [9.17, 15) is 4.79 Å². The van der Waals surface area contributed by atoms with Crippen molar-refractivity contribution in [3.05, 3.63) is 46.6 Å². The van der Waals surface area contributed by atoms with E-state index >= 15 is 0 Å². The van der Waals surface area contributed by atoms with Crippen molar-refractivity contribution in [1.29, 1.82) is 0 Å². The van der Waals surface area contributed by atoms with E-state index in [4.69, 9.17) is 10.9 Å². The third-order valence-electron chi connectivity index (χ3n) is 3.14. The Morgan fingerprint density at radius 1 is 1.48 bits per heavy atom. The highest BCUT2D eigenvalue weighted by Crippen LogP contribution is 2.14. The second-order valence-electron chi connectivity index (χ2n) is 4.80. The van der Waals surface area contributed by atoms with Gasteiger partial charge in [-0.2, -0.15) is 5.10 Å². The van der Waals surface area contributed by atoms with E-state index in [0.29, 0.717) is 11.4 Å². The number of nitrogens with zero attached hydrogens (tertiary/aromatic N) is 2. The highest BCUT2D eigenvalue weighted by molar-refractivity contribution is 6.04. The summed E-state index contributed by atoms with van der Waals surface area (Å²) >= 11 is 0. The maximum atomic E-state index is 12.1. The molecule has 0 unspecified atom stereocenters. The Kier molecular flexibility index (Phi) is 4.22. The number of rotatable bonds is 4. The van der Waals surface area contributed by atoms with Crippen molar-refractivity contribution in [2.45, 2.75) is 20.3 Å². The molecule has 0 spiro atoms. The van der Waals surface area contributed by atoms with Crippen LogP contribution in [0.4, 0.5) is 5.82 Å². The van der Waals surface area contributed by atoms with E-state index in [1.165, 1.54) is 6.20 Å². The molecule has 1 amide bonds. The number of aromatic nitrogens is 2. The van der Waals surface area contributed by atoms with Gasteiger partial charge in [0.25, 0.3) is 0 Å². The smallest absolute Gasteiger partial charge is 0.229 e. The summed E-state index contributed by atoms with van der Waals surface area (Å²) in [5.74, 6) is -0.0219. The van der Waals surface area contributed by atoms with Gasteiger partial charge in [-0.15, -0.1) is 0 Å². The average molecular weight is 287 g/mol. The van der Waals surface area contributed by atoms with Gasteiger partial charge in [-0.25, -0.2) is 0 Å². The lowest BCUT2D eigenvalue weighted by atomic mass is 10.0. The minimum Gasteiger partial charge on any atom is -0.409 e. The van der Waals surface area contributed by atoms with Gasteiger partial charge in [0.15, 0.2) is 5.84 Å². The highest BCUT2D eigenvalue weighted by atomic mass is 16.4. The largest absolute Gasteiger partial charge is 0.409 e. The van der Waals surface area contributed by atoms with Gasteiger partial charge >= 0.3 is 0 Å². The number of amidine groups is 1. The van der Waals surface area contributed by atoms with E-state index in [1.54, 1.807) is 0 Å². The number of aromatic amines is 1. The van der Waals surface area contributed by atoms with E-state index in [-0.39, 0.29) is 18.2 Å². The van der Waals surface area contributed by atoms with Crippen molar-refractivity contribution in [3.63, 3.8) is 0 Å². The monoisotopic (exact) mass is 287 g/mol. The molecule has 7 heteroatoms. The normalized spacial score (nSPS) is 11.4. The molecule has 0 radical (unpaired) electrons. The summed E-state index contributed by atoms with van der Waals surface area (Å²) in [4.78, 5) is 12.1. The predicted octanol–water partition coefficient (Wildman–Crippen LogP) is 1.30. The third-order valence-corrected chi connectivity index (χ3v) is 3.14. The fourth-order valence-corrected chi connectivity index (χ4v) is 1.98. The molecule has 0 saturated carbocycles. The molecular formula is C14H17N5O2. The number of aryl methyl sites for hydroxylation is 2. The lowest BCUT2D eigenvalue weighted by Crippen LogP contribution is -2.20. The third kappa shape index (κ3) is 3.38. The fourth-order valence-electron chi connectivity index (χ4n) is 1.98. The van der Waals surface area contributed by atoms with Gasteiger partial charge in [-0.05, 0) is 25.0 Å². The second kappa shape index (κ2) is 6.08. The number of nitrogens with one attached hydrogen (secondary N) is 2. The van der Waals surface area contributed by atoms with Crippen LogP contribution in [0.3, 0.4) is 0 Å². The number of hydrogen-bond acceptors (Lipinski definition) is 4. The number of carbonyl (C=O) groups excluding carboxylic acids is 1. The molecule has 2 aromatic rings. The Labute approximate surface area is 121 Å². The molecule has 0 aliphatic rings. The number of H-pyrrole nitrogens is 1. The second-order valence-corrected chi connectivity index (χ2v) is 4.80. The van der Waals surface area contributed by atoms with Crippen molar-refractivity contribution >= 4 is 17.6 Å². The van der Waals surface area contributed by atoms with Crippen LogP contribution in [-0.4, -0.2) is 27.1 Å². The van der Waals surface area contributed by atoms with Gasteiger partial charge < -0.3 is 16.3 Å². The SMILES string of the molecule is Cc1ccc(C)c(CC(=O)Nc2[nH]ncc2C(N)=NO)c1. The van der Waals surface area contributed by atoms with Crippen LogP contribution in [0.5, 0.6) is 0 Å². The van der Waals surface area contributed by atoms with Crippen LogP contribution >= 0.6 is 0 Å². The number of hydrogen-bond donors (Lipinski definition) is 4. The quantitative estimate of drug-likeness (QED) is 0.293. The van der Waals surface area contributed by atoms with Gasteiger partial charge in [0.1, 0.15) is 5.82 Å². The van der Waals surface area contributed by atoms with E-state index in [0.717, 1.165) is 16.7 Å². The van der Waals surface area contributed by atoms with Crippen molar-refractivity contribution in [2.75, 3.05) is 5.32 Å². The zero-order valence-electron chi connectivity index (χ0n) is 11.8. The topological polar surface area (TPSA) is 116 Å². The summed E-state index contributed by atoms with van der Waals surface area (Å²) < 4.78 is 0. The van der Waals surface area contributed by atoms with Crippen molar-refractivity contribution in [3.8, 4) is 0 Å². The molecule has 1 aromatic heterocycles.